The molecule has 1 saturated carbocycles. The molecule has 2 N–H and O–H groups in total. The van der Waals surface area contributed by atoms with Crippen molar-refractivity contribution in [3.63, 3.8) is 0 Å². The number of aliphatic carboxylic acids is 1. The van der Waals surface area contributed by atoms with Gasteiger partial charge in [0.25, 0.3) is 0 Å². The quantitative estimate of drug-likeness (QED) is 0.801. The Balaban J connectivity index is 1.82. The van der Waals surface area contributed by atoms with Crippen molar-refractivity contribution in [2.45, 2.75) is 19.3 Å². The van der Waals surface area contributed by atoms with E-state index in [9.17, 15) is 9.59 Å². The Hall–Kier alpha value is -1.62. The first kappa shape index (κ1) is 15.8. The van der Waals surface area contributed by atoms with Crippen LogP contribution in [0.2, 0.25) is 0 Å². The van der Waals surface area contributed by atoms with E-state index >= 15 is 0 Å². The highest BCUT2D eigenvalue weighted by Crippen LogP contribution is 2.31. The molecule has 1 fully saturated rings. The molecule has 0 bridgehead atoms. The molecule has 0 heterocycles. The monoisotopic (exact) mass is 351 g/mol. The lowest BCUT2D eigenvalue weighted by Gasteiger charge is -2.15. The molecule has 0 aromatic heterocycles. The molecule has 112 valence electrons. The second-order valence-corrected chi connectivity index (χ2v) is 6.18. The van der Waals surface area contributed by atoms with E-state index in [4.69, 9.17) is 5.11 Å². The number of benzene rings is 1. The zero-order chi connectivity index (χ0) is 15.2. The van der Waals surface area contributed by atoms with Crippen molar-refractivity contribution in [1.29, 1.82) is 0 Å². The number of nitrogens with one attached hydrogen (secondary N) is 1. The summed E-state index contributed by atoms with van der Waals surface area (Å²) >= 11 is 3.35. The molecule has 0 radical (unpaired) electrons. The Bertz CT molecular complexity index is 539. The summed E-state index contributed by atoms with van der Waals surface area (Å²) < 4.78 is 0.991. The van der Waals surface area contributed by atoms with Gasteiger partial charge < -0.3 is 10.4 Å². The third-order valence-corrected chi connectivity index (χ3v) is 4.34. The molecule has 2 rings (SSSR count). The van der Waals surface area contributed by atoms with Crippen molar-refractivity contribution in [2.24, 2.45) is 11.8 Å². The molecule has 0 aliphatic heterocycles. The molecular weight excluding hydrogens is 334 g/mol. The number of halogens is 1. The van der Waals surface area contributed by atoms with Gasteiger partial charge in [0.15, 0.2) is 0 Å². The predicted octanol–water partition coefficient (Wildman–Crippen LogP) is 3.08. The number of rotatable bonds is 5. The molecular formula is C16H18BrNO3. The van der Waals surface area contributed by atoms with E-state index < -0.39 is 5.97 Å². The number of carboxylic acids is 1. The van der Waals surface area contributed by atoms with Crippen LogP contribution in [0, 0.1) is 11.8 Å². The van der Waals surface area contributed by atoms with Crippen molar-refractivity contribution in [3.05, 3.63) is 40.4 Å². The van der Waals surface area contributed by atoms with Gasteiger partial charge in [-0.25, -0.2) is 0 Å². The first-order valence-electron chi connectivity index (χ1n) is 7.00. The van der Waals surface area contributed by atoms with Crippen LogP contribution in [-0.2, 0) is 9.59 Å². The van der Waals surface area contributed by atoms with E-state index in [0.29, 0.717) is 13.0 Å². The summed E-state index contributed by atoms with van der Waals surface area (Å²) in [4.78, 5) is 22.8. The van der Waals surface area contributed by atoms with Crippen molar-refractivity contribution in [1.82, 2.24) is 5.32 Å². The first-order chi connectivity index (χ1) is 10.1. The lowest BCUT2D eigenvalue weighted by atomic mass is 9.96. The van der Waals surface area contributed by atoms with E-state index in [2.05, 4.69) is 21.2 Å². The van der Waals surface area contributed by atoms with E-state index in [1.807, 2.05) is 24.3 Å². The second kappa shape index (κ2) is 7.41. The minimum atomic E-state index is -0.753. The molecule has 1 aliphatic rings. The van der Waals surface area contributed by atoms with Crippen LogP contribution in [0.1, 0.15) is 24.8 Å². The SMILES string of the molecule is O=C(C=Cc1ccc(Br)cc1)NCC1CCCC1C(=O)O. The summed E-state index contributed by atoms with van der Waals surface area (Å²) in [6, 6.07) is 7.64. The fourth-order valence-corrected chi connectivity index (χ4v) is 2.91. The van der Waals surface area contributed by atoms with Crippen LogP contribution in [-0.4, -0.2) is 23.5 Å². The molecule has 1 amide bonds. The maximum absolute atomic E-state index is 11.8. The average Bonchev–Trinajstić information content (AvgIpc) is 2.93. The number of hydrogen-bond acceptors (Lipinski definition) is 2. The molecule has 4 nitrogen and oxygen atoms in total. The van der Waals surface area contributed by atoms with Crippen LogP contribution in [0.3, 0.4) is 0 Å². The van der Waals surface area contributed by atoms with E-state index in [0.717, 1.165) is 22.9 Å². The summed E-state index contributed by atoms with van der Waals surface area (Å²) in [5, 5.41) is 11.9. The minimum absolute atomic E-state index is 0.0486. The highest BCUT2D eigenvalue weighted by molar-refractivity contribution is 9.10. The Morgan fingerprint density at radius 1 is 1.29 bits per heavy atom. The fourth-order valence-electron chi connectivity index (χ4n) is 2.64. The van der Waals surface area contributed by atoms with Crippen LogP contribution in [0.25, 0.3) is 6.08 Å². The van der Waals surface area contributed by atoms with Gasteiger partial charge in [-0.1, -0.05) is 34.5 Å². The van der Waals surface area contributed by atoms with E-state index in [-0.39, 0.29) is 17.7 Å². The van der Waals surface area contributed by atoms with Crippen molar-refractivity contribution >= 4 is 33.9 Å². The summed E-state index contributed by atoms with van der Waals surface area (Å²) in [6.07, 6.45) is 5.73. The third-order valence-electron chi connectivity index (χ3n) is 3.81. The van der Waals surface area contributed by atoms with Gasteiger partial charge in [0.1, 0.15) is 0 Å². The van der Waals surface area contributed by atoms with Gasteiger partial charge in [-0.2, -0.15) is 0 Å². The number of carboxylic acid groups (broad SMARTS) is 1. The Morgan fingerprint density at radius 3 is 2.67 bits per heavy atom. The highest BCUT2D eigenvalue weighted by Gasteiger charge is 2.32. The fraction of sp³-hybridized carbons (Fsp3) is 0.375. The maximum Gasteiger partial charge on any atom is 0.306 e. The molecule has 2 atom stereocenters. The molecule has 21 heavy (non-hydrogen) atoms. The Morgan fingerprint density at radius 2 is 2.00 bits per heavy atom. The van der Waals surface area contributed by atoms with E-state index in [1.165, 1.54) is 6.08 Å². The maximum atomic E-state index is 11.8. The Kier molecular flexibility index (Phi) is 5.56. The largest absolute Gasteiger partial charge is 0.481 e. The predicted molar refractivity (Wildman–Crippen MR) is 84.7 cm³/mol. The number of hydrogen-bond donors (Lipinski definition) is 2. The summed E-state index contributed by atoms with van der Waals surface area (Å²) in [6.45, 7) is 0.431. The van der Waals surface area contributed by atoms with Crippen molar-refractivity contribution in [2.75, 3.05) is 6.54 Å². The molecule has 5 heteroatoms. The smallest absolute Gasteiger partial charge is 0.306 e. The third kappa shape index (κ3) is 4.70. The zero-order valence-electron chi connectivity index (χ0n) is 11.6. The average molecular weight is 352 g/mol. The molecule has 2 unspecified atom stereocenters. The Labute approximate surface area is 132 Å². The molecule has 0 saturated heterocycles. The molecule has 1 aromatic rings. The first-order valence-corrected chi connectivity index (χ1v) is 7.80. The lowest BCUT2D eigenvalue weighted by molar-refractivity contribution is -0.143. The standard InChI is InChI=1S/C16H18BrNO3/c17-13-7-4-11(5-8-13)6-9-15(19)18-10-12-2-1-3-14(12)16(20)21/h4-9,12,14H,1-3,10H2,(H,18,19)(H,20,21). The van der Waals surface area contributed by atoms with Gasteiger partial charge in [-0.15, -0.1) is 0 Å². The normalized spacial score (nSPS) is 21.6. The summed E-state index contributed by atoms with van der Waals surface area (Å²) in [5.41, 5.74) is 0.942. The topological polar surface area (TPSA) is 66.4 Å². The van der Waals surface area contributed by atoms with Crippen LogP contribution in [0.15, 0.2) is 34.8 Å². The van der Waals surface area contributed by atoms with Crippen LogP contribution in [0.5, 0.6) is 0 Å². The minimum Gasteiger partial charge on any atom is -0.481 e. The molecule has 0 spiro atoms. The summed E-state index contributed by atoms with van der Waals surface area (Å²) in [5.74, 6) is -1.21. The van der Waals surface area contributed by atoms with Crippen LogP contribution >= 0.6 is 15.9 Å². The van der Waals surface area contributed by atoms with Crippen LogP contribution < -0.4 is 5.32 Å². The van der Waals surface area contributed by atoms with Gasteiger partial charge in [-0.3, -0.25) is 9.59 Å². The zero-order valence-corrected chi connectivity index (χ0v) is 13.2. The highest BCUT2D eigenvalue weighted by atomic mass is 79.9. The van der Waals surface area contributed by atoms with Crippen molar-refractivity contribution < 1.29 is 14.7 Å². The van der Waals surface area contributed by atoms with Gasteiger partial charge in [0, 0.05) is 17.1 Å². The number of carbonyl (C=O) groups excluding carboxylic acids is 1. The van der Waals surface area contributed by atoms with Crippen LogP contribution in [0.4, 0.5) is 0 Å². The number of amides is 1. The van der Waals surface area contributed by atoms with E-state index in [1.54, 1.807) is 6.08 Å². The second-order valence-electron chi connectivity index (χ2n) is 5.27. The lowest BCUT2D eigenvalue weighted by Crippen LogP contribution is -2.32. The number of carbonyl (C=O) groups is 2. The van der Waals surface area contributed by atoms with Gasteiger partial charge in [0.2, 0.25) is 5.91 Å². The summed E-state index contributed by atoms with van der Waals surface area (Å²) in [7, 11) is 0. The van der Waals surface area contributed by atoms with Gasteiger partial charge in [-0.05, 0) is 42.5 Å². The molecule has 1 aliphatic carbocycles. The van der Waals surface area contributed by atoms with Gasteiger partial charge >= 0.3 is 5.97 Å². The van der Waals surface area contributed by atoms with Crippen molar-refractivity contribution in [3.8, 4) is 0 Å². The molecule has 1 aromatic carbocycles. The van der Waals surface area contributed by atoms with Gasteiger partial charge in [0.05, 0.1) is 5.92 Å².